The first-order valence-electron chi connectivity index (χ1n) is 7.24. The van der Waals surface area contributed by atoms with Crippen LogP contribution in [0, 0.1) is 0 Å². The third kappa shape index (κ3) is 6.45. The number of aromatic nitrogens is 1. The van der Waals surface area contributed by atoms with Gasteiger partial charge in [-0.3, -0.25) is 4.98 Å². The van der Waals surface area contributed by atoms with Gasteiger partial charge in [-0.05, 0) is 30.0 Å². The molecule has 1 aromatic rings. The SMILES string of the molecule is CCCCCCCCCC(C)c1ccncc1. The monoisotopic (exact) mass is 233 g/mol. The minimum atomic E-state index is 0.689. The fraction of sp³-hybridized carbons (Fsp3) is 0.688. The second-order valence-electron chi connectivity index (χ2n) is 5.09. The van der Waals surface area contributed by atoms with Crippen molar-refractivity contribution in [2.24, 2.45) is 0 Å². The van der Waals surface area contributed by atoms with Crippen LogP contribution in [0.4, 0.5) is 0 Å². The molecular weight excluding hydrogens is 206 g/mol. The summed E-state index contributed by atoms with van der Waals surface area (Å²) in [5.74, 6) is 0.689. The summed E-state index contributed by atoms with van der Waals surface area (Å²) in [6, 6.07) is 4.29. The summed E-state index contributed by atoms with van der Waals surface area (Å²) < 4.78 is 0. The normalized spacial score (nSPS) is 12.6. The summed E-state index contributed by atoms with van der Waals surface area (Å²) in [4.78, 5) is 4.07. The summed E-state index contributed by atoms with van der Waals surface area (Å²) in [6.07, 6.45) is 14.9. The molecule has 1 heterocycles. The molecule has 17 heavy (non-hydrogen) atoms. The Hall–Kier alpha value is -0.850. The van der Waals surface area contributed by atoms with E-state index in [0.717, 1.165) is 0 Å². The molecule has 0 spiro atoms. The Labute approximate surface area is 107 Å². The molecule has 0 saturated heterocycles. The summed E-state index contributed by atoms with van der Waals surface area (Å²) in [6.45, 7) is 4.60. The molecule has 0 fully saturated rings. The van der Waals surface area contributed by atoms with E-state index in [1.54, 1.807) is 0 Å². The standard InChI is InChI=1S/C16H27N/c1-3-4-5-6-7-8-9-10-15(2)16-11-13-17-14-12-16/h11-15H,3-10H2,1-2H3. The van der Waals surface area contributed by atoms with E-state index in [4.69, 9.17) is 0 Å². The number of rotatable bonds is 9. The lowest BCUT2D eigenvalue weighted by molar-refractivity contribution is 0.549. The van der Waals surface area contributed by atoms with Crippen LogP contribution in [0.2, 0.25) is 0 Å². The number of pyridine rings is 1. The molecule has 1 atom stereocenters. The zero-order valence-electron chi connectivity index (χ0n) is 11.5. The zero-order valence-corrected chi connectivity index (χ0v) is 11.5. The third-order valence-electron chi connectivity index (χ3n) is 3.52. The number of unbranched alkanes of at least 4 members (excludes halogenated alkanes) is 6. The second-order valence-corrected chi connectivity index (χ2v) is 5.09. The molecule has 0 aromatic carbocycles. The number of hydrogen-bond donors (Lipinski definition) is 0. The van der Waals surface area contributed by atoms with Crippen LogP contribution in [0.5, 0.6) is 0 Å². The highest BCUT2D eigenvalue weighted by atomic mass is 14.6. The van der Waals surface area contributed by atoms with Gasteiger partial charge in [-0.15, -0.1) is 0 Å². The van der Waals surface area contributed by atoms with E-state index in [9.17, 15) is 0 Å². The maximum Gasteiger partial charge on any atom is 0.0270 e. The van der Waals surface area contributed by atoms with Crippen molar-refractivity contribution in [2.75, 3.05) is 0 Å². The largest absolute Gasteiger partial charge is 0.265 e. The molecular formula is C16H27N. The Bertz CT molecular complexity index is 268. The predicted molar refractivity (Wildman–Crippen MR) is 75.3 cm³/mol. The number of hydrogen-bond acceptors (Lipinski definition) is 1. The van der Waals surface area contributed by atoms with Crippen molar-refractivity contribution in [3.8, 4) is 0 Å². The average Bonchev–Trinajstić information content (AvgIpc) is 2.38. The predicted octanol–water partition coefficient (Wildman–Crippen LogP) is 5.33. The van der Waals surface area contributed by atoms with Crippen LogP contribution in [0.3, 0.4) is 0 Å². The van der Waals surface area contributed by atoms with Crippen LogP contribution in [0.25, 0.3) is 0 Å². The first-order chi connectivity index (χ1) is 8.34. The molecule has 1 nitrogen and oxygen atoms in total. The number of nitrogens with zero attached hydrogens (tertiary/aromatic N) is 1. The smallest absolute Gasteiger partial charge is 0.0270 e. The van der Waals surface area contributed by atoms with Gasteiger partial charge >= 0.3 is 0 Å². The maximum atomic E-state index is 4.07. The van der Waals surface area contributed by atoms with Crippen molar-refractivity contribution >= 4 is 0 Å². The Morgan fingerprint density at radius 3 is 2.18 bits per heavy atom. The Morgan fingerprint density at radius 1 is 0.941 bits per heavy atom. The van der Waals surface area contributed by atoms with E-state index in [2.05, 4.69) is 31.0 Å². The first kappa shape index (κ1) is 14.2. The fourth-order valence-corrected chi connectivity index (χ4v) is 2.27. The van der Waals surface area contributed by atoms with Gasteiger partial charge in [0.25, 0.3) is 0 Å². The fourth-order valence-electron chi connectivity index (χ4n) is 2.27. The van der Waals surface area contributed by atoms with Gasteiger partial charge < -0.3 is 0 Å². The van der Waals surface area contributed by atoms with Crippen LogP contribution in [-0.4, -0.2) is 4.98 Å². The van der Waals surface area contributed by atoms with Crippen molar-refractivity contribution in [2.45, 2.75) is 71.1 Å². The molecule has 96 valence electrons. The Balaban J connectivity index is 2.03. The van der Waals surface area contributed by atoms with Crippen molar-refractivity contribution in [3.05, 3.63) is 30.1 Å². The Kier molecular flexibility index (Phi) is 7.70. The molecule has 0 bridgehead atoms. The van der Waals surface area contributed by atoms with Crippen molar-refractivity contribution in [1.82, 2.24) is 4.98 Å². The molecule has 1 rings (SSSR count). The van der Waals surface area contributed by atoms with Crippen LogP contribution in [0.1, 0.15) is 76.7 Å². The van der Waals surface area contributed by atoms with Crippen LogP contribution in [0.15, 0.2) is 24.5 Å². The molecule has 1 heteroatoms. The Morgan fingerprint density at radius 2 is 1.53 bits per heavy atom. The van der Waals surface area contributed by atoms with Crippen molar-refractivity contribution < 1.29 is 0 Å². The molecule has 1 unspecified atom stereocenters. The maximum absolute atomic E-state index is 4.07. The highest BCUT2D eigenvalue weighted by molar-refractivity contribution is 5.14. The van der Waals surface area contributed by atoms with Gasteiger partial charge in [0.2, 0.25) is 0 Å². The van der Waals surface area contributed by atoms with Crippen LogP contribution >= 0.6 is 0 Å². The minimum absolute atomic E-state index is 0.689. The zero-order chi connectivity index (χ0) is 12.3. The quantitative estimate of drug-likeness (QED) is 0.526. The molecule has 1 aromatic heterocycles. The summed E-state index contributed by atoms with van der Waals surface area (Å²) in [7, 11) is 0. The van der Waals surface area contributed by atoms with Gasteiger partial charge in [0, 0.05) is 12.4 Å². The van der Waals surface area contributed by atoms with E-state index in [0.29, 0.717) is 5.92 Å². The van der Waals surface area contributed by atoms with Crippen molar-refractivity contribution in [1.29, 1.82) is 0 Å². The van der Waals surface area contributed by atoms with Gasteiger partial charge in [-0.1, -0.05) is 58.8 Å². The lowest BCUT2D eigenvalue weighted by atomic mass is 9.95. The molecule has 0 aliphatic heterocycles. The molecule has 0 radical (unpaired) electrons. The molecule has 0 N–H and O–H groups in total. The van der Waals surface area contributed by atoms with E-state index in [1.165, 1.54) is 56.9 Å². The summed E-state index contributed by atoms with van der Waals surface area (Å²) >= 11 is 0. The summed E-state index contributed by atoms with van der Waals surface area (Å²) in [5, 5.41) is 0. The highest BCUT2D eigenvalue weighted by Crippen LogP contribution is 2.21. The topological polar surface area (TPSA) is 12.9 Å². The molecule has 0 aliphatic rings. The third-order valence-corrected chi connectivity index (χ3v) is 3.52. The molecule has 0 saturated carbocycles. The van der Waals surface area contributed by atoms with E-state index >= 15 is 0 Å². The highest BCUT2D eigenvalue weighted by Gasteiger charge is 2.04. The van der Waals surface area contributed by atoms with Gasteiger partial charge in [-0.2, -0.15) is 0 Å². The minimum Gasteiger partial charge on any atom is -0.265 e. The second kappa shape index (κ2) is 9.21. The van der Waals surface area contributed by atoms with Gasteiger partial charge in [0.1, 0.15) is 0 Å². The lowest BCUT2D eigenvalue weighted by Gasteiger charge is -2.11. The van der Waals surface area contributed by atoms with E-state index in [-0.39, 0.29) is 0 Å². The summed E-state index contributed by atoms with van der Waals surface area (Å²) in [5.41, 5.74) is 1.44. The van der Waals surface area contributed by atoms with Crippen molar-refractivity contribution in [3.63, 3.8) is 0 Å². The van der Waals surface area contributed by atoms with Gasteiger partial charge in [-0.25, -0.2) is 0 Å². The van der Waals surface area contributed by atoms with E-state index < -0.39 is 0 Å². The molecule has 0 aliphatic carbocycles. The lowest BCUT2D eigenvalue weighted by Crippen LogP contribution is -1.93. The van der Waals surface area contributed by atoms with Crippen LogP contribution < -0.4 is 0 Å². The van der Waals surface area contributed by atoms with Gasteiger partial charge in [0.05, 0.1) is 0 Å². The van der Waals surface area contributed by atoms with Crippen LogP contribution in [-0.2, 0) is 0 Å². The first-order valence-corrected chi connectivity index (χ1v) is 7.24. The van der Waals surface area contributed by atoms with E-state index in [1.807, 2.05) is 12.4 Å². The van der Waals surface area contributed by atoms with Gasteiger partial charge in [0.15, 0.2) is 0 Å². The molecule has 0 amide bonds. The average molecular weight is 233 g/mol.